The van der Waals surface area contributed by atoms with E-state index in [0.29, 0.717) is 24.1 Å². The molecule has 0 saturated heterocycles. The molecule has 0 atom stereocenters. The van der Waals surface area contributed by atoms with Crippen LogP contribution in [-0.4, -0.2) is 14.3 Å². The van der Waals surface area contributed by atoms with Crippen LogP contribution in [0.1, 0.15) is 37.7 Å². The Morgan fingerprint density at radius 1 is 1.23 bits per heavy atom. The van der Waals surface area contributed by atoms with Gasteiger partial charge in [0.1, 0.15) is 5.41 Å². The zero-order valence-electron chi connectivity index (χ0n) is 12.0. The maximum atomic E-state index is 12.5. The lowest BCUT2D eigenvalue weighted by Gasteiger charge is -2.29. The summed E-state index contributed by atoms with van der Waals surface area (Å²) in [4.78, 5) is 12.7. The van der Waals surface area contributed by atoms with Crippen molar-refractivity contribution >= 4 is 27.5 Å². The highest BCUT2D eigenvalue weighted by molar-refractivity contribution is 7.94. The third kappa shape index (κ3) is 2.42. The van der Waals surface area contributed by atoms with Gasteiger partial charge in [0, 0.05) is 11.1 Å². The molecule has 22 heavy (non-hydrogen) atoms. The van der Waals surface area contributed by atoms with Crippen molar-refractivity contribution in [2.75, 3.05) is 5.32 Å². The van der Waals surface area contributed by atoms with E-state index in [1.165, 1.54) is 12.1 Å². The molecule has 6 heteroatoms. The van der Waals surface area contributed by atoms with Crippen molar-refractivity contribution in [1.29, 1.82) is 5.26 Å². The number of nitriles is 1. The molecule has 0 unspecified atom stereocenters. The number of rotatable bonds is 2. The molecule has 0 aromatic heterocycles. The van der Waals surface area contributed by atoms with Crippen LogP contribution in [-0.2, 0) is 14.6 Å². The van der Waals surface area contributed by atoms with Crippen LogP contribution in [0.15, 0.2) is 28.5 Å². The lowest BCUT2D eigenvalue weighted by molar-refractivity contribution is -0.124. The molecule has 1 saturated carbocycles. The van der Waals surface area contributed by atoms with Gasteiger partial charge in [0.15, 0.2) is 0 Å². The number of carbonyl (C=O) groups excluding carboxylic acids is 1. The standard InChI is InChI=1S/C16H16N2O3S/c17-11-16(7-2-1-3-8-16)15(19)18-13-5-4-12-6-9-22(20,21)14(12)10-13/h4-6,9-10H,1-3,7-8H2,(H,18,19). The fourth-order valence-electron chi connectivity index (χ4n) is 3.03. The van der Waals surface area contributed by atoms with Crippen LogP contribution >= 0.6 is 0 Å². The Morgan fingerprint density at radius 3 is 2.64 bits per heavy atom. The minimum Gasteiger partial charge on any atom is -0.325 e. The second-order valence-corrected chi connectivity index (χ2v) is 7.61. The Balaban J connectivity index is 1.86. The van der Waals surface area contributed by atoms with Gasteiger partial charge in [-0.3, -0.25) is 4.79 Å². The number of fused-ring (bicyclic) bond motifs is 1. The minimum absolute atomic E-state index is 0.194. The molecule has 1 aromatic rings. The van der Waals surface area contributed by atoms with Crippen molar-refractivity contribution < 1.29 is 13.2 Å². The molecular weight excluding hydrogens is 300 g/mol. The van der Waals surface area contributed by atoms with Gasteiger partial charge in [-0.25, -0.2) is 8.42 Å². The predicted molar refractivity (Wildman–Crippen MR) is 82.4 cm³/mol. The molecule has 1 fully saturated rings. The largest absolute Gasteiger partial charge is 0.325 e. The average Bonchev–Trinajstić information content (AvgIpc) is 2.83. The fourth-order valence-corrected chi connectivity index (χ4v) is 4.26. The van der Waals surface area contributed by atoms with E-state index >= 15 is 0 Å². The van der Waals surface area contributed by atoms with Crippen molar-refractivity contribution in [3.63, 3.8) is 0 Å². The van der Waals surface area contributed by atoms with Crippen LogP contribution in [0.4, 0.5) is 5.69 Å². The molecule has 0 radical (unpaired) electrons. The normalized spacial score (nSPS) is 20.9. The van der Waals surface area contributed by atoms with Crippen LogP contribution in [0.5, 0.6) is 0 Å². The number of amides is 1. The Hall–Kier alpha value is -2.13. The van der Waals surface area contributed by atoms with Gasteiger partial charge >= 0.3 is 0 Å². The van der Waals surface area contributed by atoms with E-state index in [1.54, 1.807) is 12.1 Å². The Morgan fingerprint density at radius 2 is 1.95 bits per heavy atom. The first-order valence-corrected chi connectivity index (χ1v) is 8.81. The molecule has 0 spiro atoms. The molecule has 3 rings (SSSR count). The number of benzene rings is 1. The minimum atomic E-state index is -3.41. The second-order valence-electron chi connectivity index (χ2n) is 5.81. The summed E-state index contributed by atoms with van der Waals surface area (Å²) in [6, 6.07) is 6.94. The maximum absolute atomic E-state index is 12.5. The van der Waals surface area contributed by atoms with Gasteiger partial charge in [-0.2, -0.15) is 5.26 Å². The zero-order chi connectivity index (χ0) is 15.8. The van der Waals surface area contributed by atoms with E-state index in [-0.39, 0.29) is 10.8 Å². The highest BCUT2D eigenvalue weighted by Gasteiger charge is 2.40. The average molecular weight is 316 g/mol. The van der Waals surface area contributed by atoms with Crippen molar-refractivity contribution in [1.82, 2.24) is 0 Å². The summed E-state index contributed by atoms with van der Waals surface area (Å²) in [5.41, 5.74) is 0.0378. The van der Waals surface area contributed by atoms with Crippen LogP contribution in [0.3, 0.4) is 0 Å². The third-order valence-corrected chi connectivity index (χ3v) is 5.82. The summed E-state index contributed by atoms with van der Waals surface area (Å²) in [5.74, 6) is -0.335. The number of nitrogens with one attached hydrogen (secondary N) is 1. The molecule has 114 valence electrons. The lowest BCUT2D eigenvalue weighted by atomic mass is 9.74. The van der Waals surface area contributed by atoms with Crippen molar-refractivity contribution in [2.24, 2.45) is 5.41 Å². The van der Waals surface area contributed by atoms with Gasteiger partial charge < -0.3 is 5.32 Å². The van der Waals surface area contributed by atoms with E-state index in [9.17, 15) is 18.5 Å². The first-order valence-electron chi connectivity index (χ1n) is 7.27. The van der Waals surface area contributed by atoms with Crippen LogP contribution in [0.25, 0.3) is 6.08 Å². The molecule has 1 heterocycles. The smallest absolute Gasteiger partial charge is 0.244 e. The van der Waals surface area contributed by atoms with Gasteiger partial charge in [0.2, 0.25) is 15.7 Å². The summed E-state index contributed by atoms with van der Waals surface area (Å²) in [6.45, 7) is 0. The Bertz CT molecular complexity index is 797. The van der Waals surface area contributed by atoms with E-state index in [1.807, 2.05) is 0 Å². The first kappa shape index (κ1) is 14.8. The van der Waals surface area contributed by atoms with E-state index in [4.69, 9.17) is 0 Å². The molecule has 5 nitrogen and oxygen atoms in total. The molecule has 1 N–H and O–H groups in total. The number of nitrogens with zero attached hydrogens (tertiary/aromatic N) is 1. The summed E-state index contributed by atoms with van der Waals surface area (Å²) in [6.07, 6.45) is 5.42. The fraction of sp³-hybridized carbons (Fsp3) is 0.375. The highest BCUT2D eigenvalue weighted by atomic mass is 32.2. The Kier molecular flexibility index (Phi) is 3.53. The number of hydrogen-bond acceptors (Lipinski definition) is 4. The topological polar surface area (TPSA) is 87.0 Å². The molecule has 1 aromatic carbocycles. The highest BCUT2D eigenvalue weighted by Crippen LogP contribution is 2.37. The lowest BCUT2D eigenvalue weighted by Crippen LogP contribution is -2.36. The van der Waals surface area contributed by atoms with Gasteiger partial charge in [-0.05, 0) is 36.6 Å². The monoisotopic (exact) mass is 316 g/mol. The van der Waals surface area contributed by atoms with Crippen molar-refractivity contribution in [3.05, 3.63) is 29.2 Å². The second kappa shape index (κ2) is 5.25. The molecule has 0 bridgehead atoms. The summed E-state index contributed by atoms with van der Waals surface area (Å²) < 4.78 is 23.7. The summed E-state index contributed by atoms with van der Waals surface area (Å²) >= 11 is 0. The zero-order valence-corrected chi connectivity index (χ0v) is 12.8. The number of sulfone groups is 1. The molecular formula is C16H16N2O3S. The van der Waals surface area contributed by atoms with E-state index < -0.39 is 15.3 Å². The maximum Gasteiger partial charge on any atom is 0.244 e. The molecule has 1 aliphatic heterocycles. The summed E-state index contributed by atoms with van der Waals surface area (Å²) in [5, 5.41) is 13.3. The third-order valence-electron chi connectivity index (χ3n) is 4.36. The van der Waals surface area contributed by atoms with E-state index in [2.05, 4.69) is 11.4 Å². The van der Waals surface area contributed by atoms with Gasteiger partial charge in [0.25, 0.3) is 0 Å². The van der Waals surface area contributed by atoms with Crippen LogP contribution in [0, 0.1) is 16.7 Å². The van der Waals surface area contributed by atoms with Crippen LogP contribution in [0.2, 0.25) is 0 Å². The summed E-state index contributed by atoms with van der Waals surface area (Å²) in [7, 11) is -3.41. The molecule has 2 aliphatic rings. The molecule has 1 amide bonds. The van der Waals surface area contributed by atoms with Crippen LogP contribution < -0.4 is 5.32 Å². The number of hydrogen-bond donors (Lipinski definition) is 1. The van der Waals surface area contributed by atoms with Gasteiger partial charge in [-0.15, -0.1) is 0 Å². The first-order chi connectivity index (χ1) is 10.5. The number of carbonyl (C=O) groups is 1. The molecule has 1 aliphatic carbocycles. The SMILES string of the molecule is N#CC1(C(=O)Nc2ccc3c(c2)S(=O)(=O)C=C3)CCCCC1. The van der Waals surface area contributed by atoms with Crippen molar-refractivity contribution in [2.45, 2.75) is 37.0 Å². The van der Waals surface area contributed by atoms with E-state index in [0.717, 1.165) is 24.7 Å². The van der Waals surface area contributed by atoms with Crippen molar-refractivity contribution in [3.8, 4) is 6.07 Å². The predicted octanol–water partition coefficient (Wildman–Crippen LogP) is 2.86. The van der Waals surface area contributed by atoms with Gasteiger partial charge in [0.05, 0.1) is 11.0 Å². The Labute approximate surface area is 129 Å². The van der Waals surface area contributed by atoms with Gasteiger partial charge in [-0.1, -0.05) is 25.3 Å². The number of anilines is 1. The quantitative estimate of drug-likeness (QED) is 0.909.